The number of nitriles is 1. The summed E-state index contributed by atoms with van der Waals surface area (Å²) in [5, 5.41) is 23.6. The molecule has 0 unspecified atom stereocenters. The Bertz CT molecular complexity index is 901. The maximum absolute atomic E-state index is 11.7. The first-order chi connectivity index (χ1) is 14.6. The van der Waals surface area contributed by atoms with Crippen LogP contribution in [0.1, 0.15) is 91.9 Å². The van der Waals surface area contributed by atoms with E-state index in [1.165, 1.54) is 5.57 Å². The lowest BCUT2D eigenvalue weighted by Gasteiger charge is -2.53. The molecular formula is C26H36N2O3. The van der Waals surface area contributed by atoms with Gasteiger partial charge in [-0.25, -0.2) is 0 Å². The molecule has 2 saturated carbocycles. The Morgan fingerprint density at radius 2 is 2.03 bits per heavy atom. The van der Waals surface area contributed by atoms with E-state index < -0.39 is 5.97 Å². The molecule has 4 atom stereocenters. The summed E-state index contributed by atoms with van der Waals surface area (Å²) in [5.74, 6) is 0.286. The van der Waals surface area contributed by atoms with Gasteiger partial charge < -0.3 is 9.94 Å². The standard InChI is InChI=1S/C26H36N2O3/c1-24(2,3)31-28-18-6-8-19-17(15-18)5-7-21-20(19)9-11-25(4)22(21)10-12-26(25,13-14-27)16-23(29)30/h15,21-22H,5-13,16H2,1-4H3,(H,29,30)/b28-18+/t21-,22+,25+,26+/m1/s1. The molecule has 0 aromatic rings. The van der Waals surface area contributed by atoms with Crippen molar-refractivity contribution in [3.05, 3.63) is 22.8 Å². The van der Waals surface area contributed by atoms with Gasteiger partial charge in [-0.1, -0.05) is 17.7 Å². The van der Waals surface area contributed by atoms with Gasteiger partial charge in [0.15, 0.2) is 0 Å². The van der Waals surface area contributed by atoms with Crippen LogP contribution >= 0.6 is 0 Å². The number of rotatable bonds is 4. The van der Waals surface area contributed by atoms with Crippen molar-refractivity contribution in [2.75, 3.05) is 0 Å². The van der Waals surface area contributed by atoms with Gasteiger partial charge in [0.1, 0.15) is 5.60 Å². The van der Waals surface area contributed by atoms with Crippen LogP contribution in [0.3, 0.4) is 0 Å². The molecule has 4 aliphatic rings. The molecule has 5 heteroatoms. The molecule has 0 heterocycles. The van der Waals surface area contributed by atoms with E-state index in [2.05, 4.69) is 24.2 Å². The summed E-state index contributed by atoms with van der Waals surface area (Å²) in [5.41, 5.74) is 4.94. The number of aliphatic carboxylic acids is 1. The zero-order chi connectivity index (χ0) is 22.4. The number of nitrogens with zero attached hydrogens (tertiary/aromatic N) is 2. The Balaban J connectivity index is 1.62. The zero-order valence-corrected chi connectivity index (χ0v) is 19.5. The number of carbonyl (C=O) groups is 1. The maximum atomic E-state index is 11.7. The molecule has 0 radical (unpaired) electrons. The minimum Gasteiger partial charge on any atom is -0.481 e. The predicted molar refractivity (Wildman–Crippen MR) is 120 cm³/mol. The lowest BCUT2D eigenvalue weighted by atomic mass is 9.51. The zero-order valence-electron chi connectivity index (χ0n) is 19.5. The van der Waals surface area contributed by atoms with Crippen LogP contribution in [0.5, 0.6) is 0 Å². The average molecular weight is 425 g/mol. The third kappa shape index (κ3) is 3.83. The van der Waals surface area contributed by atoms with Gasteiger partial charge in [0, 0.05) is 6.42 Å². The minimum atomic E-state index is -0.758. The molecule has 0 aromatic carbocycles. The van der Waals surface area contributed by atoms with Crippen molar-refractivity contribution in [2.24, 2.45) is 27.8 Å². The summed E-state index contributed by atoms with van der Waals surface area (Å²) in [4.78, 5) is 17.4. The van der Waals surface area contributed by atoms with Crippen LogP contribution in [0.4, 0.5) is 0 Å². The van der Waals surface area contributed by atoms with Gasteiger partial charge in [0.2, 0.25) is 0 Å². The van der Waals surface area contributed by atoms with E-state index in [-0.39, 0.29) is 22.9 Å². The molecule has 5 nitrogen and oxygen atoms in total. The number of fused-ring (bicyclic) bond motifs is 4. The van der Waals surface area contributed by atoms with Gasteiger partial charge in [-0.15, -0.1) is 0 Å². The topological polar surface area (TPSA) is 82.7 Å². The molecule has 31 heavy (non-hydrogen) atoms. The number of hydrogen-bond donors (Lipinski definition) is 1. The van der Waals surface area contributed by atoms with Crippen molar-refractivity contribution in [1.82, 2.24) is 0 Å². The van der Waals surface area contributed by atoms with Crippen LogP contribution in [-0.2, 0) is 9.63 Å². The first-order valence-electron chi connectivity index (χ1n) is 11.9. The van der Waals surface area contributed by atoms with Gasteiger partial charge in [-0.2, -0.15) is 5.26 Å². The lowest BCUT2D eigenvalue weighted by molar-refractivity contribution is -0.143. The van der Waals surface area contributed by atoms with E-state index in [4.69, 9.17) is 4.84 Å². The third-order valence-corrected chi connectivity index (χ3v) is 8.63. The molecule has 0 saturated heterocycles. The molecule has 0 amide bonds. The van der Waals surface area contributed by atoms with Crippen LogP contribution < -0.4 is 0 Å². The average Bonchev–Trinajstić information content (AvgIpc) is 2.97. The van der Waals surface area contributed by atoms with Crippen molar-refractivity contribution in [1.29, 1.82) is 5.26 Å². The maximum Gasteiger partial charge on any atom is 0.303 e. The molecule has 2 fully saturated rings. The summed E-state index contributed by atoms with van der Waals surface area (Å²) in [7, 11) is 0. The molecule has 168 valence electrons. The Labute approximate surface area is 186 Å². The van der Waals surface area contributed by atoms with Crippen molar-refractivity contribution >= 4 is 11.7 Å². The van der Waals surface area contributed by atoms with E-state index >= 15 is 0 Å². The second kappa shape index (κ2) is 7.80. The van der Waals surface area contributed by atoms with E-state index in [1.54, 1.807) is 11.1 Å². The highest BCUT2D eigenvalue weighted by atomic mass is 16.6. The normalized spacial score (nSPS) is 36.2. The summed E-state index contributed by atoms with van der Waals surface area (Å²) >= 11 is 0. The fourth-order valence-electron chi connectivity index (χ4n) is 7.12. The van der Waals surface area contributed by atoms with E-state index in [0.717, 1.165) is 57.1 Å². The molecule has 0 aliphatic heterocycles. The van der Waals surface area contributed by atoms with Crippen LogP contribution in [0.15, 0.2) is 28.0 Å². The molecule has 0 aromatic heterocycles. The second-order valence-corrected chi connectivity index (χ2v) is 11.4. The Morgan fingerprint density at radius 1 is 1.26 bits per heavy atom. The third-order valence-electron chi connectivity index (χ3n) is 8.63. The largest absolute Gasteiger partial charge is 0.481 e. The van der Waals surface area contributed by atoms with E-state index in [0.29, 0.717) is 18.3 Å². The first kappa shape index (κ1) is 22.1. The number of carboxylic acids is 1. The molecular weight excluding hydrogens is 388 g/mol. The van der Waals surface area contributed by atoms with Gasteiger partial charge in [-0.3, -0.25) is 4.79 Å². The molecule has 4 rings (SSSR count). The monoisotopic (exact) mass is 424 g/mol. The number of carboxylic acid groups (broad SMARTS) is 1. The Hall–Kier alpha value is -2.09. The van der Waals surface area contributed by atoms with Crippen molar-refractivity contribution in [3.63, 3.8) is 0 Å². The molecule has 1 N–H and O–H groups in total. The van der Waals surface area contributed by atoms with Crippen LogP contribution in [-0.4, -0.2) is 22.4 Å². The lowest BCUT2D eigenvalue weighted by Crippen LogP contribution is -2.46. The highest BCUT2D eigenvalue weighted by Crippen LogP contribution is 2.68. The second-order valence-electron chi connectivity index (χ2n) is 11.4. The minimum absolute atomic E-state index is 0.0566. The summed E-state index contributed by atoms with van der Waals surface area (Å²) in [6.45, 7) is 8.35. The summed E-state index contributed by atoms with van der Waals surface area (Å²) in [6.07, 6.45) is 10.9. The predicted octanol–water partition coefficient (Wildman–Crippen LogP) is 6.17. The van der Waals surface area contributed by atoms with Crippen LogP contribution in [0.2, 0.25) is 0 Å². The first-order valence-corrected chi connectivity index (χ1v) is 11.9. The van der Waals surface area contributed by atoms with Crippen molar-refractivity contribution < 1.29 is 14.7 Å². The number of hydrogen-bond acceptors (Lipinski definition) is 4. The van der Waals surface area contributed by atoms with Gasteiger partial charge >= 0.3 is 5.97 Å². The van der Waals surface area contributed by atoms with Crippen LogP contribution in [0.25, 0.3) is 0 Å². The van der Waals surface area contributed by atoms with Gasteiger partial charge in [0.05, 0.1) is 18.2 Å². The fraction of sp³-hybridized carbons (Fsp3) is 0.731. The number of allylic oxidation sites excluding steroid dienone is 4. The summed E-state index contributed by atoms with van der Waals surface area (Å²) < 4.78 is 0. The van der Waals surface area contributed by atoms with Crippen LogP contribution in [0, 0.1) is 34.0 Å². The SMILES string of the molecule is CC(C)(C)O/N=C1/C=C2CC[C@@H]3C(=C2CC1)CC[C@@]1(C)[C@H]3CC[C@]1(CC#N)CC(=O)O. The Morgan fingerprint density at radius 3 is 2.71 bits per heavy atom. The van der Waals surface area contributed by atoms with Gasteiger partial charge in [-0.05, 0) is 112 Å². The fourth-order valence-corrected chi connectivity index (χ4v) is 7.12. The van der Waals surface area contributed by atoms with Crippen molar-refractivity contribution in [3.8, 4) is 6.07 Å². The van der Waals surface area contributed by atoms with E-state index in [1.807, 2.05) is 20.8 Å². The summed E-state index contributed by atoms with van der Waals surface area (Å²) in [6, 6.07) is 2.35. The molecule has 0 bridgehead atoms. The Kier molecular flexibility index (Phi) is 5.56. The molecule has 0 spiro atoms. The van der Waals surface area contributed by atoms with Gasteiger partial charge in [0.25, 0.3) is 0 Å². The molecule has 4 aliphatic carbocycles. The highest BCUT2D eigenvalue weighted by molar-refractivity contribution is 5.97. The number of oxime groups is 1. The quantitative estimate of drug-likeness (QED) is 0.547. The van der Waals surface area contributed by atoms with Crippen molar-refractivity contribution in [2.45, 2.75) is 97.5 Å². The van der Waals surface area contributed by atoms with E-state index in [9.17, 15) is 15.2 Å². The smallest absolute Gasteiger partial charge is 0.303 e. The highest BCUT2D eigenvalue weighted by Gasteiger charge is 2.61.